The molecule has 0 spiro atoms. The molecule has 1 heterocycles. The summed E-state index contributed by atoms with van der Waals surface area (Å²) >= 11 is 0. The summed E-state index contributed by atoms with van der Waals surface area (Å²) in [5.41, 5.74) is -0.139. The number of carbonyl (C=O) groups is 1. The van der Waals surface area contributed by atoms with Gasteiger partial charge in [-0.25, -0.2) is 17.2 Å². The van der Waals surface area contributed by atoms with E-state index in [0.717, 1.165) is 18.2 Å². The van der Waals surface area contributed by atoms with Crippen LogP contribution in [0, 0.1) is 11.6 Å². The largest absolute Gasteiger partial charge is 0.381 e. The Morgan fingerprint density at radius 3 is 2.45 bits per heavy atom. The molecule has 0 amide bonds. The molecule has 0 unspecified atom stereocenters. The molecule has 4 nitrogen and oxygen atoms in total. The zero-order valence-electron chi connectivity index (χ0n) is 10.6. The van der Waals surface area contributed by atoms with Crippen LogP contribution < -0.4 is 0 Å². The number of sulfone groups is 1. The molecule has 1 saturated heterocycles. The number of carbonyl (C=O) groups excluding carboxylic acids is 1. The van der Waals surface area contributed by atoms with Crippen molar-refractivity contribution in [3.05, 3.63) is 35.4 Å². The fourth-order valence-corrected chi connectivity index (χ4v) is 3.77. The van der Waals surface area contributed by atoms with Crippen LogP contribution in [0.3, 0.4) is 0 Å². The van der Waals surface area contributed by atoms with Gasteiger partial charge >= 0.3 is 0 Å². The summed E-state index contributed by atoms with van der Waals surface area (Å²) < 4.78 is 55.0. The first kappa shape index (κ1) is 15.1. The molecule has 7 heteroatoms. The lowest BCUT2D eigenvalue weighted by molar-refractivity contribution is 0.0971. The van der Waals surface area contributed by atoms with E-state index in [2.05, 4.69) is 0 Å². The molecule has 0 bridgehead atoms. The van der Waals surface area contributed by atoms with Gasteiger partial charge in [-0.3, -0.25) is 4.79 Å². The Hall–Kier alpha value is -1.34. The topological polar surface area (TPSA) is 60.4 Å². The highest BCUT2D eigenvalue weighted by molar-refractivity contribution is 7.92. The van der Waals surface area contributed by atoms with Crippen molar-refractivity contribution in [1.29, 1.82) is 0 Å². The van der Waals surface area contributed by atoms with Gasteiger partial charge in [-0.05, 0) is 31.0 Å². The Morgan fingerprint density at radius 2 is 1.85 bits per heavy atom. The molecule has 110 valence electrons. The van der Waals surface area contributed by atoms with Crippen LogP contribution in [0.2, 0.25) is 0 Å². The van der Waals surface area contributed by atoms with Crippen molar-refractivity contribution in [2.75, 3.05) is 19.0 Å². The van der Waals surface area contributed by atoms with Gasteiger partial charge in [0.05, 0.1) is 5.25 Å². The lowest BCUT2D eigenvalue weighted by Crippen LogP contribution is -2.33. The minimum absolute atomic E-state index is 0.139. The molecular weight excluding hydrogens is 290 g/mol. The Morgan fingerprint density at radius 1 is 1.20 bits per heavy atom. The summed E-state index contributed by atoms with van der Waals surface area (Å²) in [6.45, 7) is 0.701. The highest BCUT2D eigenvalue weighted by atomic mass is 32.2. The van der Waals surface area contributed by atoms with E-state index in [0.29, 0.717) is 26.1 Å². The number of ether oxygens (including phenoxy) is 1. The smallest absolute Gasteiger partial charge is 0.177 e. The van der Waals surface area contributed by atoms with Crippen LogP contribution in [0.4, 0.5) is 8.78 Å². The number of Topliss-reactive ketones (excluding diaryl/α,β-unsaturated/α-hetero) is 1. The molecule has 1 aliphatic rings. The van der Waals surface area contributed by atoms with Crippen LogP contribution in [-0.2, 0) is 14.6 Å². The van der Waals surface area contributed by atoms with E-state index >= 15 is 0 Å². The predicted octanol–water partition coefficient (Wildman–Crippen LogP) is 1.74. The van der Waals surface area contributed by atoms with E-state index in [1.54, 1.807) is 0 Å². The first-order chi connectivity index (χ1) is 9.40. The minimum Gasteiger partial charge on any atom is -0.381 e. The van der Waals surface area contributed by atoms with Gasteiger partial charge < -0.3 is 4.74 Å². The van der Waals surface area contributed by atoms with Crippen molar-refractivity contribution in [3.8, 4) is 0 Å². The Bertz CT molecular complexity index is 607. The van der Waals surface area contributed by atoms with Crippen LogP contribution in [0.25, 0.3) is 0 Å². The van der Waals surface area contributed by atoms with E-state index in [1.165, 1.54) is 0 Å². The lowest BCUT2D eigenvalue weighted by atomic mass is 10.1. The maximum atomic E-state index is 13.0. The van der Waals surface area contributed by atoms with Gasteiger partial charge in [0, 0.05) is 18.8 Å². The third-order valence-electron chi connectivity index (χ3n) is 3.25. The molecule has 0 N–H and O–H groups in total. The maximum absolute atomic E-state index is 13.0. The third-order valence-corrected chi connectivity index (χ3v) is 5.40. The minimum atomic E-state index is -3.60. The van der Waals surface area contributed by atoms with Crippen molar-refractivity contribution >= 4 is 15.6 Å². The monoisotopic (exact) mass is 304 g/mol. The third kappa shape index (κ3) is 3.40. The van der Waals surface area contributed by atoms with Crippen LogP contribution in [-0.4, -0.2) is 38.4 Å². The molecule has 1 aliphatic heterocycles. The fraction of sp³-hybridized carbons (Fsp3) is 0.462. The zero-order chi connectivity index (χ0) is 14.8. The molecule has 0 aliphatic carbocycles. The van der Waals surface area contributed by atoms with Crippen molar-refractivity contribution in [1.82, 2.24) is 0 Å². The highest BCUT2D eigenvalue weighted by Gasteiger charge is 2.30. The first-order valence-corrected chi connectivity index (χ1v) is 7.89. The summed E-state index contributed by atoms with van der Waals surface area (Å²) in [6, 6.07) is 2.61. The Kier molecular flexibility index (Phi) is 4.49. The number of hydrogen-bond acceptors (Lipinski definition) is 4. The summed E-state index contributed by atoms with van der Waals surface area (Å²) in [7, 11) is -3.60. The van der Waals surface area contributed by atoms with Crippen LogP contribution in [0.5, 0.6) is 0 Å². The number of benzene rings is 1. The van der Waals surface area contributed by atoms with Gasteiger partial charge in [0.15, 0.2) is 27.3 Å². The van der Waals surface area contributed by atoms with Crippen molar-refractivity contribution in [3.63, 3.8) is 0 Å². The summed E-state index contributed by atoms with van der Waals surface area (Å²) in [5.74, 6) is -3.66. The molecule has 0 aromatic heterocycles. The second-order valence-corrected chi connectivity index (χ2v) is 6.95. The SMILES string of the molecule is O=C(CS(=O)(=O)C1CCOCC1)c1ccc(F)c(F)c1. The van der Waals surface area contributed by atoms with Crippen molar-refractivity contribution < 1.29 is 26.7 Å². The van der Waals surface area contributed by atoms with Crippen LogP contribution >= 0.6 is 0 Å². The average molecular weight is 304 g/mol. The van der Waals surface area contributed by atoms with Crippen molar-refractivity contribution in [2.24, 2.45) is 0 Å². The molecule has 1 aromatic rings. The molecule has 20 heavy (non-hydrogen) atoms. The number of halogens is 2. The predicted molar refractivity (Wildman–Crippen MR) is 68.3 cm³/mol. The Labute approximate surface area is 115 Å². The van der Waals surface area contributed by atoms with Crippen LogP contribution in [0.15, 0.2) is 18.2 Å². The quantitative estimate of drug-likeness (QED) is 0.795. The second kappa shape index (κ2) is 5.97. The standard InChI is InChI=1S/C13H14F2O4S/c14-11-2-1-9(7-12(11)15)13(16)8-20(17,18)10-3-5-19-6-4-10/h1-2,7,10H,3-6,8H2. The Balaban J connectivity index is 2.11. The average Bonchev–Trinajstić information content (AvgIpc) is 2.42. The van der Waals surface area contributed by atoms with Gasteiger partial charge in [0.1, 0.15) is 5.75 Å². The van der Waals surface area contributed by atoms with E-state index in [-0.39, 0.29) is 5.56 Å². The zero-order valence-corrected chi connectivity index (χ0v) is 11.5. The molecule has 0 atom stereocenters. The van der Waals surface area contributed by atoms with Gasteiger partial charge in [-0.15, -0.1) is 0 Å². The van der Waals surface area contributed by atoms with Crippen molar-refractivity contribution in [2.45, 2.75) is 18.1 Å². The summed E-state index contributed by atoms with van der Waals surface area (Å²) in [6.07, 6.45) is 0.709. The number of hydrogen-bond donors (Lipinski definition) is 0. The first-order valence-electron chi connectivity index (χ1n) is 6.18. The molecule has 1 fully saturated rings. The summed E-state index contributed by atoms with van der Waals surface area (Å²) in [5, 5.41) is -0.606. The fourth-order valence-electron chi connectivity index (χ4n) is 2.09. The van der Waals surface area contributed by atoms with E-state index in [4.69, 9.17) is 4.74 Å². The normalized spacial score (nSPS) is 17.1. The summed E-state index contributed by atoms with van der Waals surface area (Å²) in [4.78, 5) is 11.9. The van der Waals surface area contributed by atoms with E-state index in [1.807, 2.05) is 0 Å². The van der Waals surface area contributed by atoms with Gasteiger partial charge in [-0.2, -0.15) is 0 Å². The lowest BCUT2D eigenvalue weighted by Gasteiger charge is -2.21. The molecule has 0 radical (unpaired) electrons. The highest BCUT2D eigenvalue weighted by Crippen LogP contribution is 2.18. The molecule has 1 aromatic carbocycles. The molecule has 0 saturated carbocycles. The van der Waals surface area contributed by atoms with E-state index in [9.17, 15) is 22.0 Å². The molecule has 2 rings (SSSR count). The molecular formula is C13H14F2O4S. The van der Waals surface area contributed by atoms with Gasteiger partial charge in [0.2, 0.25) is 0 Å². The van der Waals surface area contributed by atoms with Gasteiger partial charge in [0.25, 0.3) is 0 Å². The maximum Gasteiger partial charge on any atom is 0.177 e. The second-order valence-electron chi connectivity index (χ2n) is 4.67. The van der Waals surface area contributed by atoms with E-state index < -0.39 is 38.3 Å². The van der Waals surface area contributed by atoms with Crippen LogP contribution in [0.1, 0.15) is 23.2 Å². The number of ketones is 1. The van der Waals surface area contributed by atoms with Gasteiger partial charge in [-0.1, -0.05) is 0 Å². The number of rotatable bonds is 4.